The van der Waals surface area contributed by atoms with Gasteiger partial charge in [-0.2, -0.15) is 0 Å². The number of rotatable bonds is 4. The Morgan fingerprint density at radius 3 is 2.21 bits per heavy atom. The lowest BCUT2D eigenvalue weighted by Gasteiger charge is -2.30. The van der Waals surface area contributed by atoms with E-state index in [1.54, 1.807) is 0 Å². The number of hydrogen-bond acceptors (Lipinski definition) is 2. The fourth-order valence-electron chi connectivity index (χ4n) is 1.52. The maximum Gasteiger partial charge on any atom is 0.0366 e. The highest BCUT2D eigenvalue weighted by atomic mass is 15.1. The van der Waals surface area contributed by atoms with Crippen LogP contribution in [0.15, 0.2) is 30.3 Å². The minimum Gasteiger partial charge on any atom is -0.370 e. The molecule has 0 aromatic heterocycles. The molecule has 0 atom stereocenters. The van der Waals surface area contributed by atoms with E-state index in [0.29, 0.717) is 0 Å². The molecule has 1 rings (SSSR count). The summed E-state index contributed by atoms with van der Waals surface area (Å²) in [5.74, 6) is 0. The van der Waals surface area contributed by atoms with Gasteiger partial charge in [0.2, 0.25) is 0 Å². The summed E-state index contributed by atoms with van der Waals surface area (Å²) < 4.78 is 0. The Bertz CT molecular complexity index is 261. The van der Waals surface area contributed by atoms with Gasteiger partial charge in [-0.25, -0.2) is 0 Å². The zero-order chi connectivity index (χ0) is 10.6. The Balaban J connectivity index is 2.73. The van der Waals surface area contributed by atoms with E-state index in [2.05, 4.69) is 49.9 Å². The summed E-state index contributed by atoms with van der Waals surface area (Å²) in [5, 5.41) is 0. The molecule has 0 saturated heterocycles. The Kier molecular flexibility index (Phi) is 3.53. The topological polar surface area (TPSA) is 29.3 Å². The highest BCUT2D eigenvalue weighted by molar-refractivity contribution is 5.46. The Hall–Kier alpha value is -1.02. The van der Waals surface area contributed by atoms with Crippen molar-refractivity contribution in [1.82, 2.24) is 0 Å². The van der Waals surface area contributed by atoms with Crippen LogP contribution in [0, 0.1) is 0 Å². The number of likely N-dealkylation sites (N-methyl/N-ethyl adjacent to an activating group) is 1. The molecule has 2 nitrogen and oxygen atoms in total. The van der Waals surface area contributed by atoms with Crippen molar-refractivity contribution in [1.29, 1.82) is 0 Å². The molecule has 0 aliphatic rings. The van der Waals surface area contributed by atoms with E-state index in [-0.39, 0.29) is 5.54 Å². The van der Waals surface area contributed by atoms with Crippen molar-refractivity contribution in [2.45, 2.75) is 26.3 Å². The highest BCUT2D eigenvalue weighted by Crippen LogP contribution is 2.14. The number of benzene rings is 1. The third-order valence-corrected chi connectivity index (χ3v) is 2.10. The van der Waals surface area contributed by atoms with Crippen LogP contribution >= 0.6 is 0 Å². The summed E-state index contributed by atoms with van der Waals surface area (Å²) in [6, 6.07) is 10.4. The monoisotopic (exact) mass is 192 g/mol. The van der Waals surface area contributed by atoms with Crippen LogP contribution < -0.4 is 10.6 Å². The fourth-order valence-corrected chi connectivity index (χ4v) is 1.52. The Morgan fingerprint density at radius 2 is 1.79 bits per heavy atom. The van der Waals surface area contributed by atoms with Gasteiger partial charge in [-0.15, -0.1) is 0 Å². The zero-order valence-corrected chi connectivity index (χ0v) is 9.33. The molecule has 0 spiro atoms. The second-order valence-electron chi connectivity index (χ2n) is 4.34. The molecule has 78 valence electrons. The molecule has 14 heavy (non-hydrogen) atoms. The van der Waals surface area contributed by atoms with Crippen molar-refractivity contribution in [2.75, 3.05) is 18.0 Å². The SMILES string of the molecule is CCN(CC(C)(C)N)c1ccccc1. The van der Waals surface area contributed by atoms with Gasteiger partial charge in [-0.05, 0) is 32.9 Å². The molecule has 0 unspecified atom stereocenters. The van der Waals surface area contributed by atoms with Crippen molar-refractivity contribution >= 4 is 5.69 Å². The molecule has 0 saturated carbocycles. The molecule has 2 heteroatoms. The summed E-state index contributed by atoms with van der Waals surface area (Å²) in [5.41, 5.74) is 7.10. The smallest absolute Gasteiger partial charge is 0.0366 e. The van der Waals surface area contributed by atoms with E-state index in [0.717, 1.165) is 13.1 Å². The second kappa shape index (κ2) is 4.47. The molecular weight excluding hydrogens is 172 g/mol. The number of nitrogens with zero attached hydrogens (tertiary/aromatic N) is 1. The van der Waals surface area contributed by atoms with Crippen LogP contribution in [0.3, 0.4) is 0 Å². The van der Waals surface area contributed by atoms with E-state index in [1.165, 1.54) is 5.69 Å². The van der Waals surface area contributed by atoms with Gasteiger partial charge in [-0.3, -0.25) is 0 Å². The van der Waals surface area contributed by atoms with E-state index < -0.39 is 0 Å². The van der Waals surface area contributed by atoms with E-state index in [9.17, 15) is 0 Å². The number of para-hydroxylation sites is 1. The van der Waals surface area contributed by atoms with Gasteiger partial charge >= 0.3 is 0 Å². The largest absolute Gasteiger partial charge is 0.370 e. The molecule has 0 bridgehead atoms. The molecule has 0 aliphatic carbocycles. The highest BCUT2D eigenvalue weighted by Gasteiger charge is 2.15. The second-order valence-corrected chi connectivity index (χ2v) is 4.34. The van der Waals surface area contributed by atoms with Gasteiger partial charge in [0.15, 0.2) is 0 Å². The van der Waals surface area contributed by atoms with Gasteiger partial charge in [-0.1, -0.05) is 18.2 Å². The molecule has 0 aliphatic heterocycles. The fraction of sp³-hybridized carbons (Fsp3) is 0.500. The molecular formula is C12H20N2. The van der Waals surface area contributed by atoms with Crippen LogP contribution in [-0.2, 0) is 0 Å². The van der Waals surface area contributed by atoms with Gasteiger partial charge in [0, 0.05) is 24.3 Å². The Morgan fingerprint density at radius 1 is 1.21 bits per heavy atom. The van der Waals surface area contributed by atoms with Crippen LogP contribution in [0.5, 0.6) is 0 Å². The van der Waals surface area contributed by atoms with Crippen LogP contribution in [0.4, 0.5) is 5.69 Å². The Labute approximate surface area is 86.7 Å². The van der Waals surface area contributed by atoms with Gasteiger partial charge in [0.05, 0.1) is 0 Å². The number of hydrogen-bond donors (Lipinski definition) is 1. The maximum atomic E-state index is 6.01. The summed E-state index contributed by atoms with van der Waals surface area (Å²) >= 11 is 0. The molecule has 1 aromatic rings. The molecule has 2 N–H and O–H groups in total. The number of nitrogens with two attached hydrogens (primary N) is 1. The first-order chi connectivity index (χ1) is 6.53. The molecule has 0 heterocycles. The molecule has 0 radical (unpaired) electrons. The summed E-state index contributed by atoms with van der Waals surface area (Å²) in [4.78, 5) is 2.29. The van der Waals surface area contributed by atoms with Crippen molar-refractivity contribution in [3.63, 3.8) is 0 Å². The lowest BCUT2D eigenvalue weighted by molar-refractivity contribution is 0.509. The number of anilines is 1. The first kappa shape index (κ1) is 11.1. The lowest BCUT2D eigenvalue weighted by Crippen LogP contribution is -2.45. The van der Waals surface area contributed by atoms with Crippen LogP contribution in [-0.4, -0.2) is 18.6 Å². The van der Waals surface area contributed by atoms with Gasteiger partial charge in [0.1, 0.15) is 0 Å². The van der Waals surface area contributed by atoms with Crippen molar-refractivity contribution in [3.8, 4) is 0 Å². The maximum absolute atomic E-state index is 6.01. The summed E-state index contributed by atoms with van der Waals surface area (Å²) in [6.07, 6.45) is 0. The average Bonchev–Trinajstić information content (AvgIpc) is 2.14. The minimum atomic E-state index is -0.147. The average molecular weight is 192 g/mol. The van der Waals surface area contributed by atoms with Crippen molar-refractivity contribution in [3.05, 3.63) is 30.3 Å². The van der Waals surface area contributed by atoms with Gasteiger partial charge < -0.3 is 10.6 Å². The van der Waals surface area contributed by atoms with Gasteiger partial charge in [0.25, 0.3) is 0 Å². The summed E-state index contributed by atoms with van der Waals surface area (Å²) in [6.45, 7) is 8.13. The third kappa shape index (κ3) is 3.38. The zero-order valence-electron chi connectivity index (χ0n) is 9.33. The molecule has 0 fully saturated rings. The first-order valence-electron chi connectivity index (χ1n) is 5.12. The molecule has 1 aromatic carbocycles. The van der Waals surface area contributed by atoms with E-state index >= 15 is 0 Å². The predicted molar refractivity (Wildman–Crippen MR) is 62.6 cm³/mol. The standard InChI is InChI=1S/C12H20N2/c1-4-14(10-12(2,3)13)11-8-6-5-7-9-11/h5-9H,4,10,13H2,1-3H3. The van der Waals surface area contributed by atoms with Crippen LogP contribution in [0.2, 0.25) is 0 Å². The van der Waals surface area contributed by atoms with Crippen LogP contribution in [0.25, 0.3) is 0 Å². The van der Waals surface area contributed by atoms with E-state index in [4.69, 9.17) is 5.73 Å². The third-order valence-electron chi connectivity index (χ3n) is 2.10. The van der Waals surface area contributed by atoms with Crippen molar-refractivity contribution in [2.24, 2.45) is 5.73 Å². The van der Waals surface area contributed by atoms with Crippen LogP contribution in [0.1, 0.15) is 20.8 Å². The molecule has 0 amide bonds. The van der Waals surface area contributed by atoms with E-state index in [1.807, 2.05) is 6.07 Å². The van der Waals surface area contributed by atoms with Crippen molar-refractivity contribution < 1.29 is 0 Å². The quantitative estimate of drug-likeness (QED) is 0.792. The predicted octanol–water partition coefficient (Wildman–Crippen LogP) is 2.25. The lowest BCUT2D eigenvalue weighted by atomic mass is 10.1. The minimum absolute atomic E-state index is 0.147. The first-order valence-corrected chi connectivity index (χ1v) is 5.12. The normalized spacial score (nSPS) is 11.4. The summed E-state index contributed by atoms with van der Waals surface area (Å²) in [7, 11) is 0.